The second kappa shape index (κ2) is 11.2. The van der Waals surface area contributed by atoms with E-state index in [1.165, 1.54) is 6.08 Å². The molecule has 0 unspecified atom stereocenters. The lowest BCUT2D eigenvalue weighted by atomic mass is 10.0. The maximum atomic E-state index is 12.9. The van der Waals surface area contributed by atoms with Crippen molar-refractivity contribution in [2.75, 3.05) is 6.61 Å². The van der Waals surface area contributed by atoms with Gasteiger partial charge in [0, 0.05) is 0 Å². The molecule has 0 aliphatic carbocycles. The largest absolute Gasteiger partial charge is 0.461 e. The zero-order valence-corrected chi connectivity index (χ0v) is 18.1. The van der Waals surface area contributed by atoms with E-state index in [0.717, 1.165) is 5.56 Å². The summed E-state index contributed by atoms with van der Waals surface area (Å²) in [5.74, 6) is -1.03. The molecular formula is C22H32N2O5. The van der Waals surface area contributed by atoms with Crippen molar-refractivity contribution in [1.29, 1.82) is 0 Å². The number of hydrogen-bond donors (Lipinski definition) is 2. The van der Waals surface area contributed by atoms with E-state index in [1.807, 2.05) is 32.0 Å². The number of rotatable bonds is 8. The van der Waals surface area contributed by atoms with Gasteiger partial charge in [0.2, 0.25) is 5.91 Å². The minimum atomic E-state index is -0.863. The van der Waals surface area contributed by atoms with Crippen LogP contribution in [0.2, 0.25) is 0 Å². The predicted octanol–water partition coefficient (Wildman–Crippen LogP) is 3.65. The van der Waals surface area contributed by atoms with Gasteiger partial charge in [0.1, 0.15) is 17.3 Å². The van der Waals surface area contributed by atoms with Crippen LogP contribution in [0.5, 0.6) is 0 Å². The summed E-state index contributed by atoms with van der Waals surface area (Å²) in [6.07, 6.45) is 1.23. The van der Waals surface area contributed by atoms with E-state index in [2.05, 4.69) is 10.6 Å². The molecule has 1 rings (SSSR count). The normalized spacial score (nSPS) is 12.9. The number of esters is 1. The number of benzene rings is 1. The van der Waals surface area contributed by atoms with Crippen molar-refractivity contribution < 1.29 is 23.9 Å². The summed E-state index contributed by atoms with van der Waals surface area (Å²) in [4.78, 5) is 37.3. The van der Waals surface area contributed by atoms with Crippen molar-refractivity contribution in [2.45, 2.75) is 59.6 Å². The van der Waals surface area contributed by atoms with Gasteiger partial charge in [-0.1, -0.05) is 44.2 Å². The van der Waals surface area contributed by atoms with E-state index in [-0.39, 0.29) is 18.2 Å². The van der Waals surface area contributed by atoms with Crippen molar-refractivity contribution in [3.05, 3.63) is 41.6 Å². The number of nitrogens with one attached hydrogen (secondary N) is 2. The molecule has 7 heteroatoms. The molecule has 0 heterocycles. The van der Waals surface area contributed by atoms with Crippen LogP contribution in [-0.2, 0) is 19.1 Å². The second-order valence-electron chi connectivity index (χ2n) is 8.01. The lowest BCUT2D eigenvalue weighted by Gasteiger charge is -2.24. The van der Waals surface area contributed by atoms with Crippen molar-refractivity contribution >= 4 is 24.0 Å². The Hall–Kier alpha value is -2.83. The lowest BCUT2D eigenvalue weighted by molar-refractivity contribution is -0.140. The Morgan fingerprint density at radius 1 is 1.10 bits per heavy atom. The van der Waals surface area contributed by atoms with Gasteiger partial charge < -0.3 is 20.1 Å². The number of ether oxygens (including phenoxy) is 2. The minimum Gasteiger partial charge on any atom is -0.461 e. The fourth-order valence-electron chi connectivity index (χ4n) is 2.44. The summed E-state index contributed by atoms with van der Waals surface area (Å²) in [5, 5.41) is 5.19. The van der Waals surface area contributed by atoms with Gasteiger partial charge in [0.15, 0.2) is 0 Å². The van der Waals surface area contributed by atoms with Gasteiger partial charge in [-0.2, -0.15) is 0 Å². The van der Waals surface area contributed by atoms with Crippen LogP contribution in [0.1, 0.15) is 53.5 Å². The van der Waals surface area contributed by atoms with Crippen LogP contribution in [0.15, 0.2) is 36.0 Å². The van der Waals surface area contributed by atoms with Gasteiger partial charge in [-0.05, 0) is 51.7 Å². The maximum absolute atomic E-state index is 12.9. The van der Waals surface area contributed by atoms with Crippen LogP contribution >= 0.6 is 0 Å². The quantitative estimate of drug-likeness (QED) is 0.510. The summed E-state index contributed by atoms with van der Waals surface area (Å²) < 4.78 is 10.3. The van der Waals surface area contributed by atoms with Gasteiger partial charge in [-0.25, -0.2) is 9.59 Å². The van der Waals surface area contributed by atoms with Crippen LogP contribution in [0.3, 0.4) is 0 Å². The third kappa shape index (κ3) is 9.78. The molecule has 0 aliphatic rings. The van der Waals surface area contributed by atoms with Crippen molar-refractivity contribution in [3.8, 4) is 0 Å². The van der Waals surface area contributed by atoms with Crippen LogP contribution in [-0.4, -0.2) is 36.2 Å². The van der Waals surface area contributed by atoms with E-state index >= 15 is 0 Å². The topological polar surface area (TPSA) is 93.7 Å². The van der Waals surface area contributed by atoms with Gasteiger partial charge >= 0.3 is 12.1 Å². The molecule has 0 fully saturated rings. The first-order valence-electron chi connectivity index (χ1n) is 9.76. The van der Waals surface area contributed by atoms with E-state index in [4.69, 9.17) is 9.47 Å². The molecule has 29 heavy (non-hydrogen) atoms. The summed E-state index contributed by atoms with van der Waals surface area (Å²) in [6.45, 7) is 11.0. The Morgan fingerprint density at radius 3 is 2.24 bits per heavy atom. The molecule has 2 amide bonds. The third-order valence-corrected chi connectivity index (χ3v) is 3.58. The van der Waals surface area contributed by atoms with Crippen LogP contribution in [0.4, 0.5) is 4.79 Å². The number of amides is 2. The Kier molecular flexibility index (Phi) is 9.38. The first kappa shape index (κ1) is 24.2. The molecule has 7 nitrogen and oxygen atoms in total. The van der Waals surface area contributed by atoms with Crippen molar-refractivity contribution in [1.82, 2.24) is 10.6 Å². The zero-order valence-electron chi connectivity index (χ0n) is 18.1. The van der Waals surface area contributed by atoms with E-state index in [1.54, 1.807) is 39.8 Å². The molecule has 160 valence electrons. The molecule has 0 spiro atoms. The summed E-state index contributed by atoms with van der Waals surface area (Å²) >= 11 is 0. The highest BCUT2D eigenvalue weighted by Gasteiger charge is 2.27. The third-order valence-electron chi connectivity index (χ3n) is 3.58. The van der Waals surface area contributed by atoms with Crippen LogP contribution in [0, 0.1) is 5.92 Å². The number of carbonyl (C=O) groups excluding carboxylic acids is 3. The Balaban J connectivity index is 3.03. The van der Waals surface area contributed by atoms with Gasteiger partial charge in [-0.15, -0.1) is 0 Å². The van der Waals surface area contributed by atoms with Crippen molar-refractivity contribution in [2.24, 2.45) is 5.92 Å². The van der Waals surface area contributed by atoms with E-state index in [9.17, 15) is 14.4 Å². The fourth-order valence-corrected chi connectivity index (χ4v) is 2.44. The van der Waals surface area contributed by atoms with Gasteiger partial charge in [0.05, 0.1) is 6.61 Å². The molecule has 1 aromatic rings. The zero-order chi connectivity index (χ0) is 22.0. The number of hydrogen-bond acceptors (Lipinski definition) is 5. The molecule has 0 radical (unpaired) electrons. The van der Waals surface area contributed by atoms with Crippen molar-refractivity contribution in [3.63, 3.8) is 0 Å². The average molecular weight is 405 g/mol. The Morgan fingerprint density at radius 2 is 1.72 bits per heavy atom. The summed E-state index contributed by atoms with van der Waals surface area (Å²) in [5.41, 5.74) is 0.0471. The Bertz CT molecular complexity index is 720. The van der Waals surface area contributed by atoms with Crippen LogP contribution < -0.4 is 10.6 Å². The highest BCUT2D eigenvalue weighted by molar-refractivity contribution is 5.99. The second-order valence-corrected chi connectivity index (χ2v) is 8.01. The molecule has 0 aliphatic heterocycles. The molecule has 0 saturated heterocycles. The minimum absolute atomic E-state index is 0.00259. The summed E-state index contributed by atoms with van der Waals surface area (Å²) in [6, 6.07) is 8.23. The molecule has 2 N–H and O–H groups in total. The van der Waals surface area contributed by atoms with Gasteiger partial charge in [-0.3, -0.25) is 4.79 Å². The average Bonchev–Trinajstić information content (AvgIpc) is 2.59. The molecule has 0 aromatic heterocycles. The smallest absolute Gasteiger partial charge is 0.408 e. The number of alkyl carbamates (subject to hydrolysis) is 1. The lowest BCUT2D eigenvalue weighted by Crippen LogP contribution is -2.49. The standard InChI is InChI=1S/C22H32N2O5/c1-7-28-20(26)18(14-16-11-9-8-10-12-16)23-19(25)17(13-15(2)3)24-21(27)29-22(4,5)6/h8-12,14-15,17H,7,13H2,1-6H3,(H,23,25)(H,24,27)/b18-14-/t17-/m0/s1. The highest BCUT2D eigenvalue weighted by Crippen LogP contribution is 2.11. The monoisotopic (exact) mass is 404 g/mol. The molecule has 0 bridgehead atoms. The fraction of sp³-hybridized carbons (Fsp3) is 0.500. The van der Waals surface area contributed by atoms with Gasteiger partial charge in [0.25, 0.3) is 0 Å². The highest BCUT2D eigenvalue weighted by atomic mass is 16.6. The Labute approximate surface area is 172 Å². The van der Waals surface area contributed by atoms with Crippen LogP contribution in [0.25, 0.3) is 6.08 Å². The van der Waals surface area contributed by atoms with E-state index < -0.39 is 29.6 Å². The molecular weight excluding hydrogens is 372 g/mol. The molecule has 1 aromatic carbocycles. The number of carbonyl (C=O) groups is 3. The molecule has 1 atom stereocenters. The predicted molar refractivity (Wildman–Crippen MR) is 112 cm³/mol. The first-order valence-corrected chi connectivity index (χ1v) is 9.76. The first-order chi connectivity index (χ1) is 13.5. The molecule has 0 saturated carbocycles. The van der Waals surface area contributed by atoms with E-state index in [0.29, 0.717) is 6.42 Å². The SMILES string of the molecule is CCOC(=O)/C(=C/c1ccccc1)NC(=O)[C@H](CC(C)C)NC(=O)OC(C)(C)C. The maximum Gasteiger partial charge on any atom is 0.408 e. The summed E-state index contributed by atoms with van der Waals surface area (Å²) in [7, 11) is 0.